The fraction of sp³-hybridized carbons (Fsp3) is 0.370. The second-order valence-electron chi connectivity index (χ2n) is 9.61. The van der Waals surface area contributed by atoms with Gasteiger partial charge in [-0.1, -0.05) is 46.3 Å². The Hall–Kier alpha value is -3.00. The van der Waals surface area contributed by atoms with Crippen LogP contribution in [0.2, 0.25) is 0 Å². The lowest BCUT2D eigenvalue weighted by Gasteiger charge is -2.43. The molecule has 0 aromatic heterocycles. The predicted octanol–water partition coefficient (Wildman–Crippen LogP) is 8.52. The topological polar surface area (TPSA) is 38.8 Å². The first-order valence-electron chi connectivity index (χ1n) is 11.9. The van der Waals surface area contributed by atoms with Crippen LogP contribution in [0, 0.1) is 0 Å². The van der Waals surface area contributed by atoms with E-state index in [1.807, 2.05) is 0 Å². The quantitative estimate of drug-likeness (QED) is 0.303. The molecule has 0 radical (unpaired) electrons. The number of hydrogen-bond donors (Lipinski definition) is 0. The van der Waals surface area contributed by atoms with Crippen LogP contribution in [-0.2, 0) is 28.4 Å². The van der Waals surface area contributed by atoms with Crippen molar-refractivity contribution in [3.8, 4) is 0 Å². The van der Waals surface area contributed by atoms with Gasteiger partial charge in [0.25, 0.3) is 0 Å². The zero-order valence-corrected chi connectivity index (χ0v) is 22.8. The average molecular weight is 658 g/mol. The van der Waals surface area contributed by atoms with Gasteiger partial charge in [0.15, 0.2) is 6.10 Å². The van der Waals surface area contributed by atoms with Gasteiger partial charge in [-0.05, 0) is 47.9 Å². The number of rotatable bonds is 5. The van der Waals surface area contributed by atoms with Gasteiger partial charge in [0.1, 0.15) is 5.60 Å². The molecule has 0 N–H and O–H groups in total. The van der Waals surface area contributed by atoms with Crippen molar-refractivity contribution >= 4 is 27.6 Å². The molecule has 222 valence electrons. The molecule has 1 fully saturated rings. The van der Waals surface area contributed by atoms with E-state index in [0.29, 0.717) is 17.7 Å². The van der Waals surface area contributed by atoms with Crippen molar-refractivity contribution in [2.24, 2.45) is 0 Å². The molecule has 14 heteroatoms. The summed E-state index contributed by atoms with van der Waals surface area (Å²) in [6.07, 6.45) is -17.2. The molecule has 1 saturated heterocycles. The molecule has 3 atom stereocenters. The molecule has 1 amide bonds. The molecule has 1 aliphatic heterocycles. The molecule has 2 aliphatic rings. The van der Waals surface area contributed by atoms with E-state index in [0.717, 1.165) is 12.0 Å². The van der Waals surface area contributed by atoms with Crippen molar-refractivity contribution in [1.82, 2.24) is 4.90 Å². The highest BCUT2D eigenvalue weighted by Crippen LogP contribution is 2.51. The third-order valence-corrected chi connectivity index (χ3v) is 7.81. The predicted molar refractivity (Wildman–Crippen MR) is 133 cm³/mol. The van der Waals surface area contributed by atoms with E-state index < -0.39 is 77.6 Å². The number of carbonyl (C=O) groups excluding carboxylic acids is 1. The highest BCUT2D eigenvalue weighted by Gasteiger charge is 2.58. The van der Waals surface area contributed by atoms with Crippen molar-refractivity contribution in [2.45, 2.75) is 56.2 Å². The minimum atomic E-state index is -5.11. The van der Waals surface area contributed by atoms with E-state index in [9.17, 15) is 44.3 Å². The van der Waals surface area contributed by atoms with Crippen LogP contribution >= 0.6 is 15.9 Å². The summed E-state index contributed by atoms with van der Waals surface area (Å²) in [6, 6.07) is 7.95. The zero-order chi connectivity index (χ0) is 30.5. The molecule has 1 aliphatic carbocycles. The van der Waals surface area contributed by atoms with Crippen LogP contribution in [0.1, 0.15) is 35.6 Å². The Morgan fingerprint density at radius 1 is 0.951 bits per heavy atom. The largest absolute Gasteiger partial charge is 0.440 e. The van der Waals surface area contributed by atoms with E-state index in [2.05, 4.69) is 15.9 Å². The maximum absolute atomic E-state index is 14.0. The van der Waals surface area contributed by atoms with Crippen LogP contribution in [-0.4, -0.2) is 42.0 Å². The Balaban J connectivity index is 1.77. The highest BCUT2D eigenvalue weighted by molar-refractivity contribution is 9.11. The normalized spacial score (nSPS) is 24.0. The summed E-state index contributed by atoms with van der Waals surface area (Å²) in [6.45, 7) is 0.636. The van der Waals surface area contributed by atoms with Crippen molar-refractivity contribution < 1.29 is 53.8 Å². The number of amides is 1. The maximum Gasteiger partial charge on any atom is 0.416 e. The molecular formula is C27H21BrF9NO3. The Kier molecular flexibility index (Phi) is 8.06. The minimum absolute atomic E-state index is 0.0419. The second-order valence-corrected chi connectivity index (χ2v) is 10.5. The van der Waals surface area contributed by atoms with Crippen molar-refractivity contribution in [3.05, 3.63) is 86.9 Å². The molecule has 1 heterocycles. The van der Waals surface area contributed by atoms with Crippen molar-refractivity contribution in [1.29, 1.82) is 0 Å². The number of ether oxygens (including phenoxy) is 2. The number of benzene rings is 2. The number of halogens is 10. The maximum atomic E-state index is 14.0. The molecule has 41 heavy (non-hydrogen) atoms. The summed E-state index contributed by atoms with van der Waals surface area (Å²) < 4.78 is 133. The van der Waals surface area contributed by atoms with Gasteiger partial charge in [-0.3, -0.25) is 4.90 Å². The lowest BCUT2D eigenvalue weighted by Crippen LogP contribution is -2.53. The summed E-state index contributed by atoms with van der Waals surface area (Å²) >= 11 is 2.97. The van der Waals surface area contributed by atoms with Crippen LogP contribution in [0.15, 0.2) is 64.7 Å². The highest BCUT2D eigenvalue weighted by atomic mass is 79.9. The fourth-order valence-electron chi connectivity index (χ4n) is 5.12. The molecule has 0 spiro atoms. The summed E-state index contributed by atoms with van der Waals surface area (Å²) in [4.78, 5) is 13.9. The van der Waals surface area contributed by atoms with Crippen LogP contribution in [0.3, 0.4) is 0 Å². The van der Waals surface area contributed by atoms with Crippen LogP contribution < -0.4 is 0 Å². The zero-order valence-electron chi connectivity index (χ0n) is 21.2. The first-order chi connectivity index (χ1) is 18.9. The summed E-state index contributed by atoms with van der Waals surface area (Å²) in [5.74, 6) is 0. The van der Waals surface area contributed by atoms with Gasteiger partial charge in [-0.15, -0.1) is 0 Å². The number of allylic oxidation sites excluding steroid dienone is 2. The number of cyclic esters (lactones) is 1. The Labute approximate surface area is 236 Å². The minimum Gasteiger partial charge on any atom is -0.440 e. The third kappa shape index (κ3) is 5.99. The van der Waals surface area contributed by atoms with Gasteiger partial charge in [0.2, 0.25) is 0 Å². The molecule has 1 unspecified atom stereocenters. The SMILES string of the molecule is COC1([C@@H]2OC(=O)N(Cc3cc(C(F)(F)F)cc(C(F)(F)F)c3)[C@@H]2C)CC(C(F)(F)F)=C(Br)C=C1c1ccccc1. The smallest absolute Gasteiger partial charge is 0.416 e. The van der Waals surface area contributed by atoms with E-state index in [1.165, 1.54) is 13.0 Å². The number of methoxy groups -OCH3 is 1. The molecular weight excluding hydrogens is 637 g/mol. The molecule has 0 bridgehead atoms. The molecule has 0 saturated carbocycles. The second kappa shape index (κ2) is 10.7. The number of alkyl halides is 9. The summed E-state index contributed by atoms with van der Waals surface area (Å²) in [7, 11) is 1.13. The van der Waals surface area contributed by atoms with Gasteiger partial charge in [-0.2, -0.15) is 39.5 Å². The van der Waals surface area contributed by atoms with Crippen molar-refractivity contribution in [2.75, 3.05) is 7.11 Å². The summed E-state index contributed by atoms with van der Waals surface area (Å²) in [5.41, 5.74) is -5.89. The van der Waals surface area contributed by atoms with Gasteiger partial charge in [0, 0.05) is 24.6 Å². The molecule has 4 rings (SSSR count). The Morgan fingerprint density at radius 3 is 2.00 bits per heavy atom. The van der Waals surface area contributed by atoms with Crippen molar-refractivity contribution in [3.63, 3.8) is 0 Å². The Bertz CT molecular complexity index is 1350. The van der Waals surface area contributed by atoms with Gasteiger partial charge in [-0.25, -0.2) is 4.79 Å². The van der Waals surface area contributed by atoms with E-state index in [-0.39, 0.29) is 16.1 Å². The van der Waals surface area contributed by atoms with E-state index in [4.69, 9.17) is 9.47 Å². The molecule has 4 nitrogen and oxygen atoms in total. The first-order valence-corrected chi connectivity index (χ1v) is 12.7. The standard InChI is InChI=1S/C27H21BrF9NO3/c1-14-22(24(40-2)12-20(27(35,36)37)21(28)11-19(24)16-6-4-3-5-7-16)41-23(39)38(14)13-15-8-17(25(29,30)31)10-18(9-15)26(32,33)34/h3-11,14,22H,12-13H2,1-2H3/t14-,22-,24?/m1/s1. The number of carbonyl (C=O) groups is 1. The van der Waals surface area contributed by atoms with E-state index >= 15 is 0 Å². The van der Waals surface area contributed by atoms with E-state index in [1.54, 1.807) is 30.3 Å². The number of nitrogens with zero attached hydrogens (tertiary/aromatic N) is 1. The summed E-state index contributed by atoms with van der Waals surface area (Å²) in [5, 5.41) is 0. The van der Waals surface area contributed by atoms with Crippen LogP contribution in [0.4, 0.5) is 44.3 Å². The number of hydrogen-bond acceptors (Lipinski definition) is 3. The van der Waals surface area contributed by atoms with Gasteiger partial charge < -0.3 is 9.47 Å². The Morgan fingerprint density at radius 2 is 1.51 bits per heavy atom. The monoisotopic (exact) mass is 657 g/mol. The van der Waals surface area contributed by atoms with Gasteiger partial charge >= 0.3 is 24.6 Å². The first kappa shape index (κ1) is 30.9. The lowest BCUT2D eigenvalue weighted by molar-refractivity contribution is -0.143. The fourth-order valence-corrected chi connectivity index (χ4v) is 5.71. The molecule has 2 aromatic rings. The van der Waals surface area contributed by atoms with Crippen LogP contribution in [0.25, 0.3) is 5.57 Å². The van der Waals surface area contributed by atoms with Crippen LogP contribution in [0.5, 0.6) is 0 Å². The third-order valence-electron chi connectivity index (χ3n) is 7.10. The lowest BCUT2D eigenvalue weighted by atomic mass is 9.73. The van der Waals surface area contributed by atoms with Gasteiger partial charge in [0.05, 0.1) is 22.7 Å². The average Bonchev–Trinajstić information content (AvgIpc) is 3.16. The molecule has 2 aromatic carbocycles.